The van der Waals surface area contributed by atoms with Crippen molar-refractivity contribution >= 4 is 52.9 Å². The van der Waals surface area contributed by atoms with E-state index in [0.717, 1.165) is 0 Å². The molecule has 0 bridgehead atoms. The highest BCUT2D eigenvalue weighted by atomic mass is 32.3. The van der Waals surface area contributed by atoms with Gasteiger partial charge in [-0.1, -0.05) is 61.7 Å². The molecule has 1 nitrogen and oxygen atoms in total. The highest BCUT2D eigenvalue weighted by molar-refractivity contribution is 8.32. The largest absolute Gasteiger partial charge is 0.343 e. The molecule has 0 aliphatic heterocycles. The van der Waals surface area contributed by atoms with E-state index in [-0.39, 0.29) is 0 Å². The van der Waals surface area contributed by atoms with Gasteiger partial charge in [-0.15, -0.1) is 11.3 Å². The molecule has 1 heterocycles. The summed E-state index contributed by atoms with van der Waals surface area (Å²) in [5.74, 6) is 0.699. The lowest BCUT2D eigenvalue weighted by Crippen LogP contribution is -2.14. The number of fused-ring (bicyclic) bond motifs is 3. The molecule has 1 saturated carbocycles. The average Bonchev–Trinajstić information content (AvgIpc) is 3.17. The zero-order valence-corrected chi connectivity index (χ0v) is 20.8. The smallest absolute Gasteiger partial charge is 0.0592 e. The van der Waals surface area contributed by atoms with Crippen LogP contribution in [0.25, 0.3) is 20.2 Å². The van der Waals surface area contributed by atoms with Crippen molar-refractivity contribution in [3.8, 4) is 0 Å². The van der Waals surface area contributed by atoms with E-state index in [2.05, 4.69) is 91.4 Å². The number of hydrogen-bond acceptors (Lipinski definition) is 2. The van der Waals surface area contributed by atoms with Gasteiger partial charge in [-0.2, -0.15) is 0 Å². The fourth-order valence-corrected chi connectivity index (χ4v) is 8.49. The third kappa shape index (κ3) is 3.76. The van der Waals surface area contributed by atoms with E-state index in [0.29, 0.717) is 5.92 Å². The van der Waals surface area contributed by atoms with Gasteiger partial charge in [-0.25, -0.2) is 10.0 Å². The van der Waals surface area contributed by atoms with E-state index in [4.69, 9.17) is 0 Å². The monoisotopic (exact) mass is 447 g/mol. The molecule has 31 heavy (non-hydrogen) atoms. The van der Waals surface area contributed by atoms with Crippen LogP contribution in [-0.2, 0) is 0 Å². The SMILES string of the molecule is CN(c1ccccc1C1CCCCC1)c1cccc2c1sc1c(S(C)(C)C)cccc12. The van der Waals surface area contributed by atoms with E-state index in [1.165, 1.54) is 74.1 Å². The van der Waals surface area contributed by atoms with E-state index in [9.17, 15) is 0 Å². The lowest BCUT2D eigenvalue weighted by molar-refractivity contribution is 0.444. The molecule has 0 atom stereocenters. The van der Waals surface area contributed by atoms with Crippen LogP contribution < -0.4 is 4.90 Å². The summed E-state index contributed by atoms with van der Waals surface area (Å²) in [6.07, 6.45) is 14.0. The third-order valence-corrected chi connectivity index (χ3v) is 9.90. The van der Waals surface area contributed by atoms with Crippen LogP contribution in [0.2, 0.25) is 0 Å². The molecule has 5 rings (SSSR count). The zero-order chi connectivity index (χ0) is 21.6. The highest BCUT2D eigenvalue weighted by Gasteiger charge is 2.22. The van der Waals surface area contributed by atoms with Crippen LogP contribution in [0.5, 0.6) is 0 Å². The molecule has 3 heteroatoms. The Bertz CT molecular complexity index is 1220. The second-order valence-corrected chi connectivity index (χ2v) is 14.8. The normalized spacial score (nSPS) is 16.1. The summed E-state index contributed by atoms with van der Waals surface area (Å²) in [5.41, 5.74) is 4.24. The van der Waals surface area contributed by atoms with Crippen LogP contribution in [0.4, 0.5) is 11.4 Å². The van der Waals surface area contributed by atoms with Gasteiger partial charge < -0.3 is 4.90 Å². The second kappa shape index (κ2) is 8.18. The van der Waals surface area contributed by atoms with Crippen molar-refractivity contribution in [1.82, 2.24) is 0 Å². The van der Waals surface area contributed by atoms with Gasteiger partial charge in [-0.05, 0) is 61.3 Å². The van der Waals surface area contributed by atoms with Gasteiger partial charge in [0.2, 0.25) is 0 Å². The van der Waals surface area contributed by atoms with Gasteiger partial charge in [0.05, 0.1) is 10.4 Å². The van der Waals surface area contributed by atoms with Crippen LogP contribution in [0.1, 0.15) is 43.6 Å². The minimum Gasteiger partial charge on any atom is -0.343 e. The Balaban J connectivity index is 1.66. The Morgan fingerprint density at radius 3 is 2.13 bits per heavy atom. The number of nitrogens with zero attached hydrogens (tertiary/aromatic N) is 1. The summed E-state index contributed by atoms with van der Waals surface area (Å²) in [6, 6.07) is 22.9. The predicted molar refractivity (Wildman–Crippen MR) is 143 cm³/mol. The molecule has 1 aliphatic rings. The first-order valence-electron chi connectivity index (χ1n) is 11.4. The Morgan fingerprint density at radius 1 is 0.742 bits per heavy atom. The topological polar surface area (TPSA) is 3.24 Å². The standard InChI is InChI=1S/C28H33NS2/c1-29(24-17-9-8-14-21(24)20-12-6-5-7-13-20)25-18-10-15-22-23-16-11-19-26(31(2,3)4)28(23)30-27(22)25/h8-11,14-20H,5-7,12-13H2,1-4H3. The quantitative estimate of drug-likeness (QED) is 0.302. The maximum absolute atomic E-state index is 2.45. The number of hydrogen-bond donors (Lipinski definition) is 0. The molecule has 1 aliphatic carbocycles. The first-order chi connectivity index (χ1) is 14.9. The molecule has 0 amide bonds. The van der Waals surface area contributed by atoms with Crippen molar-refractivity contribution < 1.29 is 0 Å². The number of para-hydroxylation sites is 1. The predicted octanol–water partition coefficient (Wildman–Crippen LogP) is 8.92. The highest BCUT2D eigenvalue weighted by Crippen LogP contribution is 2.53. The lowest BCUT2D eigenvalue weighted by Gasteiger charge is -2.29. The van der Waals surface area contributed by atoms with Crippen LogP contribution in [0, 0.1) is 0 Å². The molecular formula is C28H33NS2. The number of rotatable bonds is 4. The molecule has 0 saturated heterocycles. The minimum atomic E-state index is -0.787. The van der Waals surface area contributed by atoms with Crippen molar-refractivity contribution in [2.45, 2.75) is 42.9 Å². The summed E-state index contributed by atoms with van der Waals surface area (Å²) < 4.78 is 2.89. The molecular weight excluding hydrogens is 414 g/mol. The van der Waals surface area contributed by atoms with Crippen molar-refractivity contribution in [3.05, 3.63) is 66.2 Å². The molecule has 1 aromatic heterocycles. The van der Waals surface area contributed by atoms with Crippen molar-refractivity contribution in [1.29, 1.82) is 0 Å². The van der Waals surface area contributed by atoms with Gasteiger partial charge in [0.25, 0.3) is 0 Å². The minimum absolute atomic E-state index is 0.699. The maximum Gasteiger partial charge on any atom is 0.0592 e. The van der Waals surface area contributed by atoms with Crippen LogP contribution in [0.3, 0.4) is 0 Å². The molecule has 1 fully saturated rings. The van der Waals surface area contributed by atoms with Crippen LogP contribution in [-0.4, -0.2) is 25.8 Å². The Labute approximate surface area is 192 Å². The van der Waals surface area contributed by atoms with E-state index < -0.39 is 10.0 Å². The first-order valence-corrected chi connectivity index (χ1v) is 15.1. The molecule has 4 aromatic rings. The second-order valence-electron chi connectivity index (χ2n) is 9.68. The summed E-state index contributed by atoms with van der Waals surface area (Å²) in [6.45, 7) is 0. The van der Waals surface area contributed by atoms with Crippen LogP contribution in [0.15, 0.2) is 65.6 Å². The number of thiophene rings is 1. The molecule has 162 valence electrons. The Hall–Kier alpha value is -1.97. The molecule has 0 N–H and O–H groups in total. The summed E-state index contributed by atoms with van der Waals surface area (Å²) in [7, 11) is 1.47. The number of anilines is 2. The molecule has 3 aromatic carbocycles. The zero-order valence-electron chi connectivity index (χ0n) is 19.2. The van der Waals surface area contributed by atoms with Gasteiger partial charge in [0.15, 0.2) is 0 Å². The van der Waals surface area contributed by atoms with Gasteiger partial charge in [0, 0.05) is 33.1 Å². The van der Waals surface area contributed by atoms with Crippen molar-refractivity contribution in [2.24, 2.45) is 0 Å². The van der Waals surface area contributed by atoms with Gasteiger partial charge >= 0.3 is 0 Å². The van der Waals surface area contributed by atoms with E-state index in [1.807, 2.05) is 11.3 Å². The van der Waals surface area contributed by atoms with Gasteiger partial charge in [0.1, 0.15) is 0 Å². The van der Waals surface area contributed by atoms with Gasteiger partial charge in [-0.3, -0.25) is 0 Å². The fourth-order valence-electron chi connectivity index (χ4n) is 5.21. The molecule has 0 unspecified atom stereocenters. The number of benzene rings is 3. The first kappa shape index (κ1) is 20.9. The van der Waals surface area contributed by atoms with Crippen LogP contribution >= 0.6 is 21.4 Å². The van der Waals surface area contributed by atoms with Crippen molar-refractivity contribution in [2.75, 3.05) is 30.7 Å². The molecule has 0 spiro atoms. The van der Waals surface area contributed by atoms with Crippen molar-refractivity contribution in [3.63, 3.8) is 0 Å². The fraction of sp³-hybridized carbons (Fsp3) is 0.357. The summed E-state index contributed by atoms with van der Waals surface area (Å²) >= 11 is 1.99. The van der Waals surface area contributed by atoms with E-state index in [1.54, 1.807) is 0 Å². The Morgan fingerprint density at radius 2 is 1.39 bits per heavy atom. The molecule has 0 radical (unpaired) electrons. The summed E-state index contributed by atoms with van der Waals surface area (Å²) in [5, 5.41) is 2.81. The maximum atomic E-state index is 2.45. The lowest BCUT2D eigenvalue weighted by atomic mass is 9.83. The average molecular weight is 448 g/mol. The third-order valence-electron chi connectivity index (χ3n) is 6.83. The van der Waals surface area contributed by atoms with E-state index >= 15 is 0 Å². The Kier molecular flexibility index (Phi) is 5.52. The summed E-state index contributed by atoms with van der Waals surface area (Å²) in [4.78, 5) is 3.98.